The largest absolute Gasteiger partial charge is 0.484 e. The van der Waals surface area contributed by atoms with Crippen LogP contribution in [-0.2, 0) is 6.61 Å². The van der Waals surface area contributed by atoms with E-state index in [9.17, 15) is 13.6 Å². The Kier molecular flexibility index (Phi) is 5.26. The minimum Gasteiger partial charge on any atom is -0.484 e. The zero-order chi connectivity index (χ0) is 15.1. The molecule has 0 fully saturated rings. The number of ether oxygens (including phenoxy) is 2. The summed E-state index contributed by atoms with van der Waals surface area (Å²) in [6.07, 6.45) is -1.98. The van der Waals surface area contributed by atoms with Crippen LogP contribution in [0.4, 0.5) is 8.78 Å². The molecule has 0 unspecified atom stereocenters. The summed E-state index contributed by atoms with van der Waals surface area (Å²) in [5, 5.41) is 0. The molecule has 21 heavy (non-hydrogen) atoms. The van der Waals surface area contributed by atoms with Crippen LogP contribution in [0.5, 0.6) is 11.5 Å². The quantitative estimate of drug-likeness (QED) is 0.730. The molecule has 0 atom stereocenters. The van der Waals surface area contributed by atoms with Crippen molar-refractivity contribution in [2.24, 2.45) is 0 Å². The van der Waals surface area contributed by atoms with E-state index in [4.69, 9.17) is 9.47 Å². The van der Waals surface area contributed by atoms with E-state index in [0.717, 1.165) is 5.56 Å². The lowest BCUT2D eigenvalue weighted by Crippen LogP contribution is -2.09. The Morgan fingerprint density at radius 2 is 1.76 bits per heavy atom. The summed E-state index contributed by atoms with van der Waals surface area (Å²) in [5.74, 6) is 0.313. The number of hydrogen-bond donors (Lipinski definition) is 0. The Labute approximate surface area is 121 Å². The molecule has 0 radical (unpaired) electrons. The highest BCUT2D eigenvalue weighted by atomic mass is 19.3. The highest BCUT2D eigenvalue weighted by Crippen LogP contribution is 2.31. The fraction of sp³-hybridized carbons (Fsp3) is 0.188. The van der Waals surface area contributed by atoms with Gasteiger partial charge in [0.25, 0.3) is 6.43 Å². The van der Waals surface area contributed by atoms with Gasteiger partial charge in [0.15, 0.2) is 17.8 Å². The number of hydrogen-bond acceptors (Lipinski definition) is 3. The van der Waals surface area contributed by atoms with Crippen molar-refractivity contribution in [1.29, 1.82) is 0 Å². The average Bonchev–Trinajstić information content (AvgIpc) is 2.52. The lowest BCUT2D eigenvalue weighted by Gasteiger charge is -2.14. The highest BCUT2D eigenvalue weighted by Gasteiger charge is 2.13. The number of benzene rings is 2. The van der Waals surface area contributed by atoms with Gasteiger partial charge in [-0.25, -0.2) is 8.78 Å². The first-order valence-corrected chi connectivity index (χ1v) is 6.36. The van der Waals surface area contributed by atoms with Gasteiger partial charge in [0.2, 0.25) is 0 Å². The average molecular weight is 292 g/mol. The van der Waals surface area contributed by atoms with Crippen molar-refractivity contribution in [2.45, 2.75) is 13.0 Å². The minimum atomic E-state index is -2.59. The maximum atomic E-state index is 12.3. The number of alkyl halides is 2. The van der Waals surface area contributed by atoms with E-state index >= 15 is 0 Å². The smallest absolute Gasteiger partial charge is 0.272 e. The van der Waals surface area contributed by atoms with Crippen LogP contribution in [0, 0.1) is 0 Å². The first kappa shape index (κ1) is 15.0. The van der Waals surface area contributed by atoms with Gasteiger partial charge in [0.1, 0.15) is 13.2 Å². The van der Waals surface area contributed by atoms with E-state index in [2.05, 4.69) is 0 Å². The molecule has 0 N–H and O–H groups in total. The highest BCUT2D eigenvalue weighted by molar-refractivity contribution is 5.81. The first-order valence-electron chi connectivity index (χ1n) is 6.36. The Morgan fingerprint density at radius 1 is 1.00 bits per heavy atom. The molecule has 0 aliphatic rings. The second kappa shape index (κ2) is 7.38. The summed E-state index contributed by atoms with van der Waals surface area (Å²) in [6, 6.07) is 13.9. The van der Waals surface area contributed by atoms with Crippen molar-refractivity contribution in [3.8, 4) is 11.5 Å². The van der Waals surface area contributed by atoms with E-state index in [-0.39, 0.29) is 23.7 Å². The van der Waals surface area contributed by atoms with Crippen molar-refractivity contribution in [3.63, 3.8) is 0 Å². The van der Waals surface area contributed by atoms with E-state index in [1.54, 1.807) is 12.1 Å². The normalized spacial score (nSPS) is 10.4. The third-order valence-electron chi connectivity index (χ3n) is 2.73. The monoisotopic (exact) mass is 292 g/mol. The summed E-state index contributed by atoms with van der Waals surface area (Å²) >= 11 is 0. The van der Waals surface area contributed by atoms with Gasteiger partial charge in [0.05, 0.1) is 5.56 Å². The maximum Gasteiger partial charge on any atom is 0.272 e. The summed E-state index contributed by atoms with van der Waals surface area (Å²) in [7, 11) is 0. The van der Waals surface area contributed by atoms with Crippen molar-refractivity contribution in [2.75, 3.05) is 6.61 Å². The van der Waals surface area contributed by atoms with E-state index in [1.165, 1.54) is 6.07 Å². The molecule has 110 valence electrons. The molecular weight excluding hydrogens is 278 g/mol. The molecule has 0 spiro atoms. The van der Waals surface area contributed by atoms with Crippen LogP contribution in [0.15, 0.2) is 48.5 Å². The topological polar surface area (TPSA) is 35.5 Å². The van der Waals surface area contributed by atoms with Crippen LogP contribution in [0.2, 0.25) is 0 Å². The number of carbonyl (C=O) groups excluding carboxylic acids is 1. The van der Waals surface area contributed by atoms with Crippen molar-refractivity contribution >= 4 is 6.29 Å². The van der Waals surface area contributed by atoms with Crippen molar-refractivity contribution in [3.05, 3.63) is 59.7 Å². The molecule has 0 saturated heterocycles. The lowest BCUT2D eigenvalue weighted by molar-refractivity contribution is 0.0796. The molecule has 0 amide bonds. The third-order valence-corrected chi connectivity index (χ3v) is 2.73. The SMILES string of the molecule is O=Cc1cccc(OCC(F)F)c1OCc1ccccc1. The number of rotatable bonds is 7. The second-order valence-electron chi connectivity index (χ2n) is 4.27. The van der Waals surface area contributed by atoms with Crippen molar-refractivity contribution in [1.82, 2.24) is 0 Å². The summed E-state index contributed by atoms with van der Waals surface area (Å²) in [5.41, 5.74) is 1.16. The zero-order valence-corrected chi connectivity index (χ0v) is 11.2. The predicted octanol–water partition coefficient (Wildman–Crippen LogP) is 3.72. The van der Waals surface area contributed by atoms with Gasteiger partial charge in [-0.05, 0) is 17.7 Å². The molecule has 0 bridgehead atoms. The van der Waals surface area contributed by atoms with Crippen LogP contribution < -0.4 is 9.47 Å². The Hall–Kier alpha value is -2.43. The fourth-order valence-electron chi connectivity index (χ4n) is 1.78. The molecule has 2 aromatic rings. The molecule has 0 aliphatic heterocycles. The van der Waals surface area contributed by atoms with Crippen LogP contribution in [0.1, 0.15) is 15.9 Å². The standard InChI is InChI=1S/C16H14F2O3/c17-15(18)11-20-14-8-4-7-13(9-19)16(14)21-10-12-5-2-1-3-6-12/h1-9,15H,10-11H2. The summed E-state index contributed by atoms with van der Waals surface area (Å²) in [4.78, 5) is 11.0. The van der Waals surface area contributed by atoms with Crippen LogP contribution >= 0.6 is 0 Å². The second-order valence-corrected chi connectivity index (χ2v) is 4.27. The minimum absolute atomic E-state index is 0.135. The van der Waals surface area contributed by atoms with E-state index < -0.39 is 13.0 Å². The van der Waals surface area contributed by atoms with Gasteiger partial charge < -0.3 is 9.47 Å². The molecule has 3 nitrogen and oxygen atoms in total. The first-order chi connectivity index (χ1) is 10.2. The van der Waals surface area contributed by atoms with Gasteiger partial charge in [0, 0.05) is 0 Å². The predicted molar refractivity (Wildman–Crippen MR) is 74.1 cm³/mol. The van der Waals surface area contributed by atoms with E-state index in [1.807, 2.05) is 30.3 Å². The summed E-state index contributed by atoms with van der Waals surface area (Å²) in [6.45, 7) is -0.527. The molecule has 0 heterocycles. The van der Waals surface area contributed by atoms with Gasteiger partial charge in [-0.3, -0.25) is 4.79 Å². The molecule has 5 heteroatoms. The van der Waals surface area contributed by atoms with Gasteiger partial charge in [-0.15, -0.1) is 0 Å². The molecule has 2 rings (SSSR count). The molecule has 0 aromatic heterocycles. The third kappa shape index (κ3) is 4.27. The van der Waals surface area contributed by atoms with Crippen molar-refractivity contribution < 1.29 is 23.0 Å². The van der Waals surface area contributed by atoms with E-state index in [0.29, 0.717) is 6.29 Å². The molecule has 2 aromatic carbocycles. The molecule has 0 saturated carbocycles. The zero-order valence-electron chi connectivity index (χ0n) is 11.2. The van der Waals surface area contributed by atoms with Crippen LogP contribution in [0.25, 0.3) is 0 Å². The maximum absolute atomic E-state index is 12.3. The van der Waals surface area contributed by atoms with Crippen LogP contribution in [0.3, 0.4) is 0 Å². The van der Waals surface area contributed by atoms with Crippen LogP contribution in [-0.4, -0.2) is 19.3 Å². The Morgan fingerprint density at radius 3 is 2.43 bits per heavy atom. The summed E-state index contributed by atoms with van der Waals surface area (Å²) < 4.78 is 35.1. The fourth-order valence-corrected chi connectivity index (χ4v) is 1.78. The number of para-hydroxylation sites is 1. The van der Waals surface area contributed by atoms with Gasteiger partial charge in [-0.1, -0.05) is 36.4 Å². The number of halogens is 2. The number of carbonyl (C=O) groups is 1. The molecular formula is C16H14F2O3. The molecule has 0 aliphatic carbocycles. The van der Waals surface area contributed by atoms with Gasteiger partial charge in [-0.2, -0.15) is 0 Å². The Bertz CT molecular complexity index is 585. The number of aldehydes is 1. The lowest BCUT2D eigenvalue weighted by atomic mass is 10.2. The Balaban J connectivity index is 2.16. The van der Waals surface area contributed by atoms with Gasteiger partial charge >= 0.3 is 0 Å².